The summed E-state index contributed by atoms with van der Waals surface area (Å²) >= 11 is 0. The average Bonchev–Trinajstić information content (AvgIpc) is 3.03. The number of rotatable bonds is 6. The Balaban J connectivity index is 0.00000288. The van der Waals surface area contributed by atoms with Crippen LogP contribution in [-0.2, 0) is 19.2 Å². The quantitative estimate of drug-likeness (QED) is 0.490. The van der Waals surface area contributed by atoms with E-state index in [-0.39, 0.29) is 44.7 Å². The van der Waals surface area contributed by atoms with Crippen LogP contribution >= 0.6 is 13.5 Å². The number of carbonyl (C=O) groups excluding carboxylic acids is 4. The van der Waals surface area contributed by atoms with Crippen molar-refractivity contribution >= 4 is 37.1 Å². The Labute approximate surface area is 147 Å². The Kier molecular flexibility index (Phi) is 6.61. The number of nitrogens with zero attached hydrogens (tertiary/aromatic N) is 2. The fourth-order valence-corrected chi connectivity index (χ4v) is 3.47. The first kappa shape index (κ1) is 20.2. The van der Waals surface area contributed by atoms with Gasteiger partial charge in [-0.05, 0) is 25.7 Å². The van der Waals surface area contributed by atoms with Crippen molar-refractivity contribution in [3.63, 3.8) is 0 Å². The van der Waals surface area contributed by atoms with E-state index >= 15 is 0 Å². The summed E-state index contributed by atoms with van der Waals surface area (Å²) in [6, 6.07) is -0.865. The molecule has 24 heavy (non-hydrogen) atoms. The standard InChI is InChI=1S/C14H23N5O4.H2S/c15-9(2-3-10(16)20)12(22)19-6-1-4-14(19)5-7-18(13(14)23)8-11(17)21;/h9H,1-8,15H2,(H2,16,20)(H2,17,21);1H2/t9-,14?;/m0./s1. The first-order chi connectivity index (χ1) is 10.8. The highest BCUT2D eigenvalue weighted by molar-refractivity contribution is 7.59. The minimum absolute atomic E-state index is 0. The molecule has 0 bridgehead atoms. The van der Waals surface area contributed by atoms with Gasteiger partial charge in [-0.25, -0.2) is 0 Å². The molecule has 0 aromatic rings. The van der Waals surface area contributed by atoms with E-state index in [0.29, 0.717) is 32.4 Å². The van der Waals surface area contributed by atoms with Crippen LogP contribution in [0.2, 0.25) is 0 Å². The normalized spacial score (nSPS) is 24.1. The van der Waals surface area contributed by atoms with Gasteiger partial charge in [-0.2, -0.15) is 13.5 Å². The molecule has 2 rings (SSSR count). The van der Waals surface area contributed by atoms with Gasteiger partial charge in [0.1, 0.15) is 5.54 Å². The van der Waals surface area contributed by atoms with Crippen LogP contribution in [0.15, 0.2) is 0 Å². The third kappa shape index (κ3) is 3.81. The minimum Gasteiger partial charge on any atom is -0.370 e. The maximum absolute atomic E-state index is 12.7. The third-order valence-electron chi connectivity index (χ3n) is 4.60. The van der Waals surface area contributed by atoms with Gasteiger partial charge in [0.25, 0.3) is 0 Å². The monoisotopic (exact) mass is 359 g/mol. The van der Waals surface area contributed by atoms with Gasteiger partial charge in [-0.3, -0.25) is 19.2 Å². The zero-order chi connectivity index (χ0) is 17.2. The number of likely N-dealkylation sites (tertiary alicyclic amines) is 2. The first-order valence-corrected chi connectivity index (χ1v) is 7.71. The average molecular weight is 359 g/mol. The van der Waals surface area contributed by atoms with Crippen LogP contribution in [0, 0.1) is 0 Å². The van der Waals surface area contributed by atoms with Crippen molar-refractivity contribution in [2.75, 3.05) is 19.6 Å². The molecule has 2 aliphatic rings. The molecule has 0 saturated carbocycles. The molecular weight excluding hydrogens is 334 g/mol. The number of hydrogen-bond acceptors (Lipinski definition) is 5. The maximum Gasteiger partial charge on any atom is 0.249 e. The van der Waals surface area contributed by atoms with Gasteiger partial charge in [0.05, 0.1) is 12.6 Å². The van der Waals surface area contributed by atoms with Crippen molar-refractivity contribution in [2.24, 2.45) is 17.2 Å². The number of primary amides is 2. The molecule has 2 atom stereocenters. The van der Waals surface area contributed by atoms with Gasteiger partial charge in [0.15, 0.2) is 0 Å². The second-order valence-electron chi connectivity index (χ2n) is 6.18. The van der Waals surface area contributed by atoms with Crippen LogP contribution in [0.4, 0.5) is 0 Å². The van der Waals surface area contributed by atoms with Gasteiger partial charge >= 0.3 is 0 Å². The smallest absolute Gasteiger partial charge is 0.249 e. The van der Waals surface area contributed by atoms with Crippen LogP contribution in [0.25, 0.3) is 0 Å². The molecule has 2 aliphatic heterocycles. The lowest BCUT2D eigenvalue weighted by Gasteiger charge is -2.35. The topological polar surface area (TPSA) is 153 Å². The summed E-state index contributed by atoms with van der Waals surface area (Å²) in [4.78, 5) is 50.1. The maximum atomic E-state index is 12.7. The molecule has 10 heteroatoms. The number of hydrogen-bond donors (Lipinski definition) is 3. The molecule has 2 heterocycles. The largest absolute Gasteiger partial charge is 0.370 e. The van der Waals surface area contributed by atoms with Crippen molar-refractivity contribution in [3.8, 4) is 0 Å². The van der Waals surface area contributed by atoms with Crippen LogP contribution in [0.1, 0.15) is 32.1 Å². The van der Waals surface area contributed by atoms with E-state index in [4.69, 9.17) is 17.2 Å². The zero-order valence-electron chi connectivity index (χ0n) is 13.5. The van der Waals surface area contributed by atoms with E-state index in [2.05, 4.69) is 0 Å². The Morgan fingerprint density at radius 3 is 2.38 bits per heavy atom. The summed E-state index contributed by atoms with van der Waals surface area (Å²) in [5, 5.41) is 0. The Hall–Kier alpha value is -1.81. The Morgan fingerprint density at radius 1 is 1.12 bits per heavy atom. The van der Waals surface area contributed by atoms with Crippen molar-refractivity contribution in [1.82, 2.24) is 9.80 Å². The highest BCUT2D eigenvalue weighted by atomic mass is 32.1. The Bertz CT molecular complexity index is 543. The van der Waals surface area contributed by atoms with E-state index in [1.54, 1.807) is 0 Å². The molecule has 0 radical (unpaired) electrons. The lowest BCUT2D eigenvalue weighted by molar-refractivity contribution is -0.148. The van der Waals surface area contributed by atoms with Crippen LogP contribution in [-0.4, -0.2) is 64.6 Å². The lowest BCUT2D eigenvalue weighted by Crippen LogP contribution is -2.57. The first-order valence-electron chi connectivity index (χ1n) is 7.71. The zero-order valence-corrected chi connectivity index (χ0v) is 14.5. The Morgan fingerprint density at radius 2 is 1.79 bits per heavy atom. The molecule has 2 fully saturated rings. The minimum atomic E-state index is -0.920. The van der Waals surface area contributed by atoms with Crippen LogP contribution in [0.5, 0.6) is 0 Å². The van der Waals surface area contributed by atoms with Crippen molar-refractivity contribution in [2.45, 2.75) is 43.7 Å². The highest BCUT2D eigenvalue weighted by Crippen LogP contribution is 2.39. The number of carbonyl (C=O) groups is 4. The van der Waals surface area contributed by atoms with E-state index in [1.807, 2.05) is 0 Å². The molecule has 0 aromatic heterocycles. The molecule has 136 valence electrons. The predicted molar refractivity (Wildman–Crippen MR) is 90.9 cm³/mol. The predicted octanol–water partition coefficient (Wildman–Crippen LogP) is -2.23. The molecule has 9 nitrogen and oxygen atoms in total. The number of nitrogens with two attached hydrogens (primary N) is 3. The van der Waals surface area contributed by atoms with Gasteiger partial charge in [-0.1, -0.05) is 0 Å². The summed E-state index contributed by atoms with van der Waals surface area (Å²) in [5.74, 6) is -1.69. The summed E-state index contributed by atoms with van der Waals surface area (Å²) in [6.07, 6.45) is 1.89. The summed E-state index contributed by atoms with van der Waals surface area (Å²) in [6.45, 7) is 0.692. The molecule has 2 saturated heterocycles. The summed E-state index contributed by atoms with van der Waals surface area (Å²) in [7, 11) is 0. The fraction of sp³-hybridized carbons (Fsp3) is 0.714. The van der Waals surface area contributed by atoms with Gasteiger partial charge in [0.2, 0.25) is 23.6 Å². The van der Waals surface area contributed by atoms with E-state index in [0.717, 1.165) is 0 Å². The second kappa shape index (κ2) is 7.84. The highest BCUT2D eigenvalue weighted by Gasteiger charge is 2.55. The lowest BCUT2D eigenvalue weighted by atomic mass is 9.93. The third-order valence-corrected chi connectivity index (χ3v) is 4.60. The van der Waals surface area contributed by atoms with Gasteiger partial charge < -0.3 is 27.0 Å². The van der Waals surface area contributed by atoms with Crippen molar-refractivity contribution < 1.29 is 19.2 Å². The molecule has 0 aromatic carbocycles. The van der Waals surface area contributed by atoms with Crippen molar-refractivity contribution in [3.05, 3.63) is 0 Å². The van der Waals surface area contributed by atoms with E-state index < -0.39 is 23.4 Å². The fourth-order valence-electron chi connectivity index (χ4n) is 3.47. The van der Waals surface area contributed by atoms with Crippen molar-refractivity contribution in [1.29, 1.82) is 0 Å². The van der Waals surface area contributed by atoms with Gasteiger partial charge in [0, 0.05) is 19.5 Å². The molecule has 4 amide bonds. The SMILES string of the molecule is NC(=O)CC[C@H](N)C(=O)N1CCCC12CCN(CC(N)=O)C2=O.S. The summed E-state index contributed by atoms with van der Waals surface area (Å²) in [5.41, 5.74) is 15.2. The second-order valence-corrected chi connectivity index (χ2v) is 6.18. The molecule has 6 N–H and O–H groups in total. The molecule has 1 unspecified atom stereocenters. The van der Waals surface area contributed by atoms with E-state index in [9.17, 15) is 19.2 Å². The molecular formula is C14H25N5O4S. The van der Waals surface area contributed by atoms with Crippen LogP contribution in [0.3, 0.4) is 0 Å². The van der Waals surface area contributed by atoms with E-state index in [1.165, 1.54) is 9.80 Å². The van der Waals surface area contributed by atoms with Crippen LogP contribution < -0.4 is 17.2 Å². The number of amides is 4. The van der Waals surface area contributed by atoms with Gasteiger partial charge in [-0.15, -0.1) is 0 Å². The summed E-state index contributed by atoms with van der Waals surface area (Å²) < 4.78 is 0. The molecule has 1 spiro atoms. The molecule has 0 aliphatic carbocycles.